The second kappa shape index (κ2) is 6.11. The fourth-order valence-corrected chi connectivity index (χ4v) is 2.54. The molecule has 1 unspecified atom stereocenters. The number of rotatable bonds is 6. The van der Waals surface area contributed by atoms with Crippen LogP contribution in [0.1, 0.15) is 29.9 Å². The molecule has 4 nitrogen and oxygen atoms in total. The Morgan fingerprint density at radius 2 is 2.28 bits per heavy atom. The van der Waals surface area contributed by atoms with Gasteiger partial charge in [-0.2, -0.15) is 0 Å². The van der Waals surface area contributed by atoms with Crippen molar-refractivity contribution in [2.24, 2.45) is 0 Å². The van der Waals surface area contributed by atoms with Gasteiger partial charge in [0.25, 0.3) is 0 Å². The first-order chi connectivity index (χ1) is 8.65. The van der Waals surface area contributed by atoms with Crippen LogP contribution in [-0.2, 0) is 13.1 Å². The van der Waals surface area contributed by atoms with E-state index in [1.54, 1.807) is 11.3 Å². The van der Waals surface area contributed by atoms with Crippen molar-refractivity contribution in [3.8, 4) is 0 Å². The number of aromatic nitrogens is 3. The lowest BCUT2D eigenvalue weighted by atomic mass is 10.2. The molecule has 18 heavy (non-hydrogen) atoms. The quantitative estimate of drug-likeness (QED) is 0.872. The summed E-state index contributed by atoms with van der Waals surface area (Å²) in [5.74, 6) is 1.08. The van der Waals surface area contributed by atoms with Crippen LogP contribution in [0.5, 0.6) is 0 Å². The Morgan fingerprint density at radius 1 is 1.44 bits per heavy atom. The maximum atomic E-state index is 4.45. The zero-order chi connectivity index (χ0) is 13.0. The SMILES string of the molecule is Cc1csc(CNC(C)CCn2ccnc2C)n1. The molecule has 0 aromatic carbocycles. The van der Waals surface area contributed by atoms with Crippen LogP contribution in [-0.4, -0.2) is 20.6 Å². The minimum Gasteiger partial charge on any atom is -0.335 e. The summed E-state index contributed by atoms with van der Waals surface area (Å²) < 4.78 is 2.19. The normalized spacial score (nSPS) is 12.8. The maximum Gasteiger partial charge on any atom is 0.107 e. The molecule has 0 radical (unpaired) electrons. The van der Waals surface area contributed by atoms with Gasteiger partial charge in [0, 0.05) is 42.6 Å². The smallest absolute Gasteiger partial charge is 0.107 e. The highest BCUT2D eigenvalue weighted by atomic mass is 32.1. The van der Waals surface area contributed by atoms with E-state index in [-0.39, 0.29) is 0 Å². The lowest BCUT2D eigenvalue weighted by Gasteiger charge is -2.13. The van der Waals surface area contributed by atoms with Gasteiger partial charge in [0.1, 0.15) is 10.8 Å². The third-order valence-electron chi connectivity index (χ3n) is 2.99. The number of hydrogen-bond acceptors (Lipinski definition) is 4. The number of imidazole rings is 1. The predicted molar refractivity (Wildman–Crippen MR) is 74.7 cm³/mol. The van der Waals surface area contributed by atoms with Crippen LogP contribution in [0.15, 0.2) is 17.8 Å². The number of thiazole rings is 1. The van der Waals surface area contributed by atoms with Gasteiger partial charge >= 0.3 is 0 Å². The second-order valence-corrected chi connectivity index (χ2v) is 5.56. The molecule has 1 atom stereocenters. The Bertz CT molecular complexity index is 489. The van der Waals surface area contributed by atoms with Crippen molar-refractivity contribution in [3.63, 3.8) is 0 Å². The predicted octanol–water partition coefficient (Wildman–Crippen LogP) is 2.52. The van der Waals surface area contributed by atoms with E-state index in [1.165, 1.54) is 0 Å². The molecular formula is C13H20N4S. The van der Waals surface area contributed by atoms with E-state index in [0.29, 0.717) is 6.04 Å². The third kappa shape index (κ3) is 3.65. The first-order valence-electron chi connectivity index (χ1n) is 6.27. The van der Waals surface area contributed by atoms with Crippen molar-refractivity contribution in [1.82, 2.24) is 19.9 Å². The number of aryl methyl sites for hydroxylation is 3. The van der Waals surface area contributed by atoms with Gasteiger partial charge in [-0.15, -0.1) is 11.3 Å². The molecule has 5 heteroatoms. The van der Waals surface area contributed by atoms with E-state index in [4.69, 9.17) is 0 Å². The fraction of sp³-hybridized carbons (Fsp3) is 0.538. The molecule has 0 spiro atoms. The summed E-state index contributed by atoms with van der Waals surface area (Å²) in [4.78, 5) is 8.67. The monoisotopic (exact) mass is 264 g/mol. The van der Waals surface area contributed by atoms with E-state index in [2.05, 4.69) is 32.2 Å². The molecule has 0 saturated carbocycles. The average Bonchev–Trinajstić information content (AvgIpc) is 2.93. The van der Waals surface area contributed by atoms with Gasteiger partial charge in [0.2, 0.25) is 0 Å². The van der Waals surface area contributed by atoms with Gasteiger partial charge in [-0.3, -0.25) is 0 Å². The van der Waals surface area contributed by atoms with Crippen molar-refractivity contribution < 1.29 is 0 Å². The van der Waals surface area contributed by atoms with E-state index in [9.17, 15) is 0 Å². The standard InChI is InChI=1S/C13H20N4S/c1-10(4-6-17-7-5-14-12(17)3)15-8-13-16-11(2)9-18-13/h5,7,9-10,15H,4,6,8H2,1-3H3. The molecule has 2 heterocycles. The van der Waals surface area contributed by atoms with Gasteiger partial charge in [-0.25, -0.2) is 9.97 Å². The molecular weight excluding hydrogens is 244 g/mol. The molecule has 2 rings (SSSR count). The van der Waals surface area contributed by atoms with Gasteiger partial charge < -0.3 is 9.88 Å². The maximum absolute atomic E-state index is 4.45. The lowest BCUT2D eigenvalue weighted by Crippen LogP contribution is -2.26. The van der Waals surface area contributed by atoms with Crippen LogP contribution in [0, 0.1) is 13.8 Å². The molecule has 2 aromatic rings. The topological polar surface area (TPSA) is 42.7 Å². The molecule has 0 fully saturated rings. The zero-order valence-corrected chi connectivity index (χ0v) is 12.0. The Kier molecular flexibility index (Phi) is 4.49. The Hall–Kier alpha value is -1.20. The number of nitrogens with one attached hydrogen (secondary N) is 1. The van der Waals surface area contributed by atoms with Gasteiger partial charge in [0.05, 0.1) is 0 Å². The summed E-state index contributed by atoms with van der Waals surface area (Å²) in [6.07, 6.45) is 4.99. The molecule has 0 bridgehead atoms. The van der Waals surface area contributed by atoms with Gasteiger partial charge in [-0.1, -0.05) is 0 Å². The number of nitrogens with zero attached hydrogens (tertiary/aromatic N) is 3. The van der Waals surface area contributed by atoms with Crippen molar-refractivity contribution in [3.05, 3.63) is 34.3 Å². The summed E-state index contributed by atoms with van der Waals surface area (Å²) in [5.41, 5.74) is 1.11. The summed E-state index contributed by atoms with van der Waals surface area (Å²) >= 11 is 1.72. The molecule has 2 aromatic heterocycles. The highest BCUT2D eigenvalue weighted by Gasteiger charge is 2.05. The minimum absolute atomic E-state index is 0.482. The first kappa shape index (κ1) is 13.2. The largest absolute Gasteiger partial charge is 0.335 e. The van der Waals surface area contributed by atoms with Crippen LogP contribution in [0.3, 0.4) is 0 Å². The number of hydrogen-bond donors (Lipinski definition) is 1. The van der Waals surface area contributed by atoms with Crippen LogP contribution in [0.25, 0.3) is 0 Å². The van der Waals surface area contributed by atoms with Gasteiger partial charge in [-0.05, 0) is 27.2 Å². The fourth-order valence-electron chi connectivity index (χ4n) is 1.82. The van der Waals surface area contributed by atoms with Crippen LogP contribution in [0.4, 0.5) is 0 Å². The molecule has 0 aliphatic rings. The third-order valence-corrected chi connectivity index (χ3v) is 3.96. The summed E-state index contributed by atoms with van der Waals surface area (Å²) in [7, 11) is 0. The van der Waals surface area contributed by atoms with Crippen molar-refractivity contribution in [1.29, 1.82) is 0 Å². The summed E-state index contributed by atoms with van der Waals surface area (Å²) in [5, 5.41) is 6.77. The molecule has 0 aliphatic carbocycles. The van der Waals surface area contributed by atoms with E-state index < -0.39 is 0 Å². The summed E-state index contributed by atoms with van der Waals surface area (Å²) in [6.45, 7) is 8.16. The van der Waals surface area contributed by atoms with E-state index >= 15 is 0 Å². The molecule has 98 valence electrons. The van der Waals surface area contributed by atoms with Crippen molar-refractivity contribution >= 4 is 11.3 Å². The van der Waals surface area contributed by atoms with E-state index in [1.807, 2.05) is 26.2 Å². The van der Waals surface area contributed by atoms with E-state index in [0.717, 1.165) is 36.0 Å². The van der Waals surface area contributed by atoms with Crippen LogP contribution < -0.4 is 5.32 Å². The molecule has 0 saturated heterocycles. The van der Waals surface area contributed by atoms with Gasteiger partial charge in [0.15, 0.2) is 0 Å². The average molecular weight is 264 g/mol. The molecule has 1 N–H and O–H groups in total. The Morgan fingerprint density at radius 3 is 2.89 bits per heavy atom. The van der Waals surface area contributed by atoms with Crippen LogP contribution in [0.2, 0.25) is 0 Å². The lowest BCUT2D eigenvalue weighted by molar-refractivity contribution is 0.471. The highest BCUT2D eigenvalue weighted by Crippen LogP contribution is 2.09. The highest BCUT2D eigenvalue weighted by molar-refractivity contribution is 7.09. The van der Waals surface area contributed by atoms with Crippen LogP contribution >= 0.6 is 11.3 Å². The van der Waals surface area contributed by atoms with Crippen molar-refractivity contribution in [2.75, 3.05) is 0 Å². The zero-order valence-electron chi connectivity index (χ0n) is 11.2. The van der Waals surface area contributed by atoms with Crippen molar-refractivity contribution in [2.45, 2.75) is 46.3 Å². The molecule has 0 amide bonds. The minimum atomic E-state index is 0.482. The summed E-state index contributed by atoms with van der Waals surface area (Å²) in [6, 6.07) is 0.482. The molecule has 0 aliphatic heterocycles. The Balaban J connectivity index is 1.72. The first-order valence-corrected chi connectivity index (χ1v) is 7.15. The second-order valence-electron chi connectivity index (χ2n) is 4.62. The Labute approximate surface area is 112 Å².